The van der Waals surface area contributed by atoms with Crippen molar-refractivity contribution in [2.24, 2.45) is 0 Å². The normalized spacial score (nSPS) is 10.7. The van der Waals surface area contributed by atoms with Crippen molar-refractivity contribution in [2.75, 3.05) is 0 Å². The summed E-state index contributed by atoms with van der Waals surface area (Å²) in [6.45, 7) is 0. The molecule has 8 heteroatoms. The van der Waals surface area contributed by atoms with Crippen LogP contribution in [0.15, 0.2) is 18.5 Å². The van der Waals surface area contributed by atoms with E-state index in [4.69, 9.17) is 0 Å². The minimum atomic E-state index is -2.40. The Morgan fingerprint density at radius 3 is 1.85 bits per heavy atom. The molecule has 104 valence electrons. The molecule has 2 nitrogen and oxygen atoms in total. The van der Waals surface area contributed by atoms with E-state index in [-0.39, 0.29) is 0 Å². The van der Waals surface area contributed by atoms with Gasteiger partial charge in [-0.05, 0) is 6.07 Å². The van der Waals surface area contributed by atoms with Gasteiger partial charge in [0.2, 0.25) is 11.6 Å². The highest BCUT2D eigenvalue weighted by atomic mass is 19.2. The minimum Gasteiger partial charge on any atom is -0.288 e. The number of halogens is 6. The molecule has 2 rings (SSSR count). The van der Waals surface area contributed by atoms with Gasteiger partial charge in [0.05, 0.1) is 11.8 Å². The molecule has 0 aliphatic heterocycles. The smallest absolute Gasteiger partial charge is 0.202 e. The summed E-state index contributed by atoms with van der Waals surface area (Å²) < 4.78 is 78.8. The maximum atomic E-state index is 13.4. The van der Waals surface area contributed by atoms with Crippen molar-refractivity contribution in [3.05, 3.63) is 64.5 Å². The van der Waals surface area contributed by atoms with Gasteiger partial charge in [0.1, 0.15) is 5.56 Å². The Bertz CT molecular complexity index is 686. The van der Waals surface area contributed by atoms with Gasteiger partial charge >= 0.3 is 0 Å². The van der Waals surface area contributed by atoms with E-state index in [0.717, 1.165) is 12.3 Å². The maximum absolute atomic E-state index is 13.4. The highest BCUT2D eigenvalue weighted by molar-refractivity contribution is 6.09. The molecule has 0 unspecified atom stereocenters. The molecule has 2 aromatic rings. The number of pyridine rings is 1. The van der Waals surface area contributed by atoms with Crippen LogP contribution in [0.3, 0.4) is 0 Å². The number of nitrogens with zero attached hydrogens (tertiary/aromatic N) is 1. The SMILES string of the molecule is O=C(c1ccncc1F)c1c(F)c(F)c(F)c(F)c1F. The molecular weight excluding hydrogens is 288 g/mol. The molecule has 0 amide bonds. The Morgan fingerprint density at radius 2 is 1.35 bits per heavy atom. The van der Waals surface area contributed by atoms with E-state index in [0.29, 0.717) is 6.20 Å². The lowest BCUT2D eigenvalue weighted by atomic mass is 10.0. The number of carbonyl (C=O) groups excluding carboxylic acids is 1. The van der Waals surface area contributed by atoms with Crippen LogP contribution in [0.25, 0.3) is 0 Å². The summed E-state index contributed by atoms with van der Waals surface area (Å²) in [5, 5.41) is 0. The van der Waals surface area contributed by atoms with Crippen LogP contribution in [-0.2, 0) is 0 Å². The van der Waals surface area contributed by atoms with Crippen molar-refractivity contribution in [2.45, 2.75) is 0 Å². The lowest BCUT2D eigenvalue weighted by Crippen LogP contribution is -2.14. The molecule has 0 saturated heterocycles. The number of aromatic nitrogens is 1. The number of hydrogen-bond acceptors (Lipinski definition) is 2. The van der Waals surface area contributed by atoms with Crippen LogP contribution in [0.4, 0.5) is 26.3 Å². The molecule has 0 N–H and O–H groups in total. The standard InChI is InChI=1S/C12H3F6NO/c13-5-3-19-2-1-4(5)12(20)6-7(14)9(16)11(18)10(17)8(6)15/h1-3H. The first-order valence-corrected chi connectivity index (χ1v) is 5.02. The molecule has 0 radical (unpaired) electrons. The Morgan fingerprint density at radius 1 is 0.850 bits per heavy atom. The van der Waals surface area contributed by atoms with Crippen LogP contribution in [0.2, 0.25) is 0 Å². The van der Waals surface area contributed by atoms with Crippen molar-refractivity contribution in [1.29, 1.82) is 0 Å². The molecule has 0 bridgehead atoms. The van der Waals surface area contributed by atoms with E-state index >= 15 is 0 Å². The monoisotopic (exact) mass is 291 g/mol. The number of hydrogen-bond donors (Lipinski definition) is 0. The minimum absolute atomic E-state index is 0.569. The van der Waals surface area contributed by atoms with Gasteiger partial charge in [-0.1, -0.05) is 0 Å². The summed E-state index contributed by atoms with van der Waals surface area (Å²) >= 11 is 0. The summed E-state index contributed by atoms with van der Waals surface area (Å²) in [5.74, 6) is -14.5. The lowest BCUT2D eigenvalue weighted by molar-refractivity contribution is 0.102. The zero-order valence-corrected chi connectivity index (χ0v) is 9.36. The number of benzene rings is 1. The topological polar surface area (TPSA) is 30.0 Å². The maximum Gasteiger partial charge on any atom is 0.202 e. The largest absolute Gasteiger partial charge is 0.288 e. The predicted octanol–water partition coefficient (Wildman–Crippen LogP) is 3.15. The highest BCUT2D eigenvalue weighted by Gasteiger charge is 2.31. The van der Waals surface area contributed by atoms with Crippen LogP contribution in [0.1, 0.15) is 15.9 Å². The first-order valence-electron chi connectivity index (χ1n) is 5.02. The fourth-order valence-electron chi connectivity index (χ4n) is 1.50. The molecule has 0 fully saturated rings. The summed E-state index contributed by atoms with van der Waals surface area (Å²) in [6.07, 6.45) is 1.50. The number of rotatable bonds is 2. The van der Waals surface area contributed by atoms with Crippen LogP contribution >= 0.6 is 0 Å². The average Bonchev–Trinajstić information content (AvgIpc) is 2.43. The van der Waals surface area contributed by atoms with Crippen LogP contribution in [0, 0.1) is 34.9 Å². The van der Waals surface area contributed by atoms with E-state index in [1.807, 2.05) is 0 Å². The van der Waals surface area contributed by atoms with Crippen molar-refractivity contribution in [3.8, 4) is 0 Å². The van der Waals surface area contributed by atoms with Crippen molar-refractivity contribution < 1.29 is 31.1 Å². The van der Waals surface area contributed by atoms with Gasteiger partial charge < -0.3 is 0 Å². The molecule has 0 aliphatic rings. The molecule has 1 heterocycles. The Labute approximate surface area is 107 Å². The van der Waals surface area contributed by atoms with Gasteiger partial charge in [-0.2, -0.15) is 0 Å². The van der Waals surface area contributed by atoms with Crippen molar-refractivity contribution in [3.63, 3.8) is 0 Å². The van der Waals surface area contributed by atoms with E-state index in [9.17, 15) is 31.1 Å². The highest BCUT2D eigenvalue weighted by Crippen LogP contribution is 2.25. The summed E-state index contributed by atoms with van der Waals surface area (Å²) in [4.78, 5) is 15.0. The predicted molar refractivity (Wildman–Crippen MR) is 53.9 cm³/mol. The van der Waals surface area contributed by atoms with Crippen LogP contribution in [-0.4, -0.2) is 10.8 Å². The van der Waals surface area contributed by atoms with Crippen molar-refractivity contribution >= 4 is 5.78 Å². The molecule has 1 aromatic heterocycles. The molecule has 0 aliphatic carbocycles. The van der Waals surface area contributed by atoms with Crippen LogP contribution in [0.5, 0.6) is 0 Å². The van der Waals surface area contributed by atoms with Crippen molar-refractivity contribution in [1.82, 2.24) is 4.98 Å². The molecule has 1 aromatic carbocycles. The van der Waals surface area contributed by atoms with E-state index in [2.05, 4.69) is 4.98 Å². The van der Waals surface area contributed by atoms with Gasteiger partial charge in [-0.3, -0.25) is 9.78 Å². The Kier molecular flexibility index (Phi) is 3.47. The van der Waals surface area contributed by atoms with E-state index < -0.39 is 51.8 Å². The summed E-state index contributed by atoms with van der Waals surface area (Å²) in [5.41, 5.74) is -2.57. The van der Waals surface area contributed by atoms with Gasteiger partial charge in [-0.15, -0.1) is 0 Å². The zero-order valence-electron chi connectivity index (χ0n) is 9.36. The van der Waals surface area contributed by atoms with Crippen LogP contribution < -0.4 is 0 Å². The first-order chi connectivity index (χ1) is 9.36. The fraction of sp³-hybridized carbons (Fsp3) is 0. The van der Waals surface area contributed by atoms with E-state index in [1.165, 1.54) is 0 Å². The van der Waals surface area contributed by atoms with Gasteiger partial charge in [0.15, 0.2) is 29.1 Å². The second-order valence-electron chi connectivity index (χ2n) is 3.63. The van der Waals surface area contributed by atoms with Gasteiger partial charge in [-0.25, -0.2) is 26.3 Å². The molecule has 0 saturated carbocycles. The molecule has 0 atom stereocenters. The van der Waals surface area contributed by atoms with Gasteiger partial charge in [0, 0.05) is 6.20 Å². The second kappa shape index (κ2) is 4.95. The molecule has 20 heavy (non-hydrogen) atoms. The zero-order chi connectivity index (χ0) is 15.0. The van der Waals surface area contributed by atoms with Gasteiger partial charge in [0.25, 0.3) is 0 Å². The molecule has 0 spiro atoms. The third-order valence-electron chi connectivity index (χ3n) is 2.45. The molecular formula is C12H3F6NO. The third-order valence-corrected chi connectivity index (χ3v) is 2.45. The summed E-state index contributed by atoms with van der Waals surface area (Å²) in [7, 11) is 0. The quantitative estimate of drug-likeness (QED) is 0.368. The summed E-state index contributed by atoms with van der Waals surface area (Å²) in [6, 6.07) is 0.760. The first kappa shape index (κ1) is 14.0. The lowest BCUT2D eigenvalue weighted by Gasteiger charge is -2.07. The second-order valence-corrected chi connectivity index (χ2v) is 3.63. The van der Waals surface area contributed by atoms with E-state index in [1.54, 1.807) is 0 Å². The third kappa shape index (κ3) is 2.02. The number of ketones is 1. The Balaban J connectivity index is 2.71. The fourth-order valence-corrected chi connectivity index (χ4v) is 1.50. The number of carbonyl (C=O) groups is 1. The Hall–Kier alpha value is -2.38. The average molecular weight is 291 g/mol.